The minimum atomic E-state index is -4.39. The minimum absolute atomic E-state index is 0.0991. The summed E-state index contributed by atoms with van der Waals surface area (Å²) in [6.07, 6.45) is 0. The lowest BCUT2D eigenvalue weighted by Crippen LogP contribution is -2.07. The molecule has 5 nitrogen and oxygen atoms in total. The number of anilines is 1. The van der Waals surface area contributed by atoms with Crippen LogP contribution < -0.4 is 5.06 Å². The van der Waals surface area contributed by atoms with Crippen LogP contribution in [-0.4, -0.2) is 20.0 Å². The van der Waals surface area contributed by atoms with Crippen LogP contribution in [0.15, 0.2) is 23.1 Å². The van der Waals surface area contributed by atoms with E-state index in [4.69, 9.17) is 16.2 Å². The summed E-state index contributed by atoms with van der Waals surface area (Å²) in [5.74, 6) is 0. The fraction of sp³-hybridized carbons (Fsp3) is 0.143. The van der Waals surface area contributed by atoms with Crippen molar-refractivity contribution in [3.05, 3.63) is 28.4 Å². The standard InChI is InChI=1S/C7H7ClNO4S/c1-9(10)5-2-3-6(8)7(4-5)14(11,12)13/h2-4H,1H3,(H,11,12,13)/q-1. The van der Waals surface area contributed by atoms with E-state index in [-0.39, 0.29) is 10.7 Å². The van der Waals surface area contributed by atoms with Gasteiger partial charge in [-0.05, 0) is 25.2 Å². The molecule has 0 aliphatic heterocycles. The highest BCUT2D eigenvalue weighted by atomic mass is 35.5. The Morgan fingerprint density at radius 2 is 2.07 bits per heavy atom. The van der Waals surface area contributed by atoms with Crippen molar-refractivity contribution in [3.63, 3.8) is 0 Å². The van der Waals surface area contributed by atoms with Crippen LogP contribution in [0.1, 0.15) is 0 Å². The van der Waals surface area contributed by atoms with Crippen LogP contribution in [0.25, 0.3) is 0 Å². The van der Waals surface area contributed by atoms with Crippen molar-refractivity contribution in [2.45, 2.75) is 4.90 Å². The first-order valence-corrected chi connectivity index (χ1v) is 5.32. The van der Waals surface area contributed by atoms with Gasteiger partial charge < -0.3 is 10.3 Å². The predicted octanol–water partition coefficient (Wildman–Crippen LogP) is 1.52. The molecule has 0 spiro atoms. The topological polar surface area (TPSA) is 80.7 Å². The average molecular weight is 237 g/mol. The molecule has 0 saturated carbocycles. The van der Waals surface area contributed by atoms with Crippen LogP contribution in [0.2, 0.25) is 5.02 Å². The van der Waals surface area contributed by atoms with E-state index in [1.807, 2.05) is 0 Å². The van der Waals surface area contributed by atoms with Gasteiger partial charge in [0.25, 0.3) is 10.1 Å². The highest BCUT2D eigenvalue weighted by molar-refractivity contribution is 7.86. The van der Waals surface area contributed by atoms with E-state index in [2.05, 4.69) is 0 Å². The molecule has 0 fully saturated rings. The average Bonchev–Trinajstić information content (AvgIpc) is 2.02. The lowest BCUT2D eigenvalue weighted by Gasteiger charge is -2.25. The predicted molar refractivity (Wildman–Crippen MR) is 53.0 cm³/mol. The first-order valence-electron chi connectivity index (χ1n) is 3.50. The number of halogens is 1. The van der Waals surface area contributed by atoms with Gasteiger partial charge in [-0.2, -0.15) is 8.42 Å². The summed E-state index contributed by atoms with van der Waals surface area (Å²) in [5.41, 5.74) is 0.0991. The number of hydroxylamine groups is 1. The molecule has 1 aromatic carbocycles. The van der Waals surface area contributed by atoms with Crippen molar-refractivity contribution in [3.8, 4) is 0 Å². The summed E-state index contributed by atoms with van der Waals surface area (Å²) < 4.78 is 30.3. The van der Waals surface area contributed by atoms with Gasteiger partial charge in [-0.3, -0.25) is 4.55 Å². The summed E-state index contributed by atoms with van der Waals surface area (Å²) >= 11 is 5.53. The molecule has 0 aromatic heterocycles. The maximum Gasteiger partial charge on any atom is 0.296 e. The molecule has 14 heavy (non-hydrogen) atoms. The fourth-order valence-electron chi connectivity index (χ4n) is 0.886. The molecule has 0 unspecified atom stereocenters. The first-order chi connectivity index (χ1) is 6.32. The van der Waals surface area contributed by atoms with Gasteiger partial charge in [0, 0.05) is 5.69 Å². The van der Waals surface area contributed by atoms with Crippen molar-refractivity contribution < 1.29 is 13.0 Å². The molecule has 0 aliphatic rings. The third-order valence-corrected chi connectivity index (χ3v) is 2.89. The maximum atomic E-state index is 10.8. The molecule has 1 N–H and O–H groups in total. The summed E-state index contributed by atoms with van der Waals surface area (Å²) in [4.78, 5) is -0.473. The van der Waals surface area contributed by atoms with E-state index >= 15 is 0 Å². The Morgan fingerprint density at radius 1 is 1.50 bits per heavy atom. The summed E-state index contributed by atoms with van der Waals surface area (Å²) in [6, 6.07) is 3.59. The summed E-state index contributed by atoms with van der Waals surface area (Å²) in [6.45, 7) is 0. The van der Waals surface area contributed by atoms with Gasteiger partial charge in [0.1, 0.15) is 4.90 Å². The molecule has 0 amide bonds. The number of hydrogen-bond acceptors (Lipinski definition) is 4. The van der Waals surface area contributed by atoms with E-state index in [1.165, 1.54) is 19.2 Å². The van der Waals surface area contributed by atoms with Crippen molar-refractivity contribution in [1.82, 2.24) is 0 Å². The molecule has 0 bridgehead atoms. The SMILES string of the molecule is CN([O-])c1ccc(Cl)c(S(=O)(=O)O)c1. The second kappa shape index (κ2) is 3.74. The third-order valence-electron chi connectivity index (χ3n) is 1.56. The Hall–Kier alpha value is -0.820. The fourth-order valence-corrected chi connectivity index (χ4v) is 1.88. The Balaban J connectivity index is 3.37. The molecule has 7 heteroatoms. The van der Waals surface area contributed by atoms with E-state index in [9.17, 15) is 13.6 Å². The van der Waals surface area contributed by atoms with Gasteiger partial charge >= 0.3 is 0 Å². The lowest BCUT2D eigenvalue weighted by atomic mass is 10.3. The minimum Gasteiger partial charge on any atom is -0.758 e. The van der Waals surface area contributed by atoms with Crippen molar-refractivity contribution in [2.75, 3.05) is 12.1 Å². The number of hydrogen-bond donors (Lipinski definition) is 1. The van der Waals surface area contributed by atoms with Crippen LogP contribution >= 0.6 is 11.6 Å². The Kier molecular flexibility index (Phi) is 3.01. The lowest BCUT2D eigenvalue weighted by molar-refractivity contribution is 0.483. The van der Waals surface area contributed by atoms with Crippen LogP contribution in [0.4, 0.5) is 5.69 Å². The van der Waals surface area contributed by atoms with Gasteiger partial charge in [0.2, 0.25) is 0 Å². The largest absolute Gasteiger partial charge is 0.758 e. The molecule has 0 saturated heterocycles. The van der Waals surface area contributed by atoms with Crippen LogP contribution in [0.5, 0.6) is 0 Å². The molecule has 1 rings (SSSR count). The van der Waals surface area contributed by atoms with E-state index in [0.29, 0.717) is 5.06 Å². The highest BCUT2D eigenvalue weighted by Gasteiger charge is 2.14. The smallest absolute Gasteiger partial charge is 0.296 e. The van der Waals surface area contributed by atoms with Crippen LogP contribution in [0, 0.1) is 5.21 Å². The molecular formula is C7H7ClNO4S-. The zero-order valence-electron chi connectivity index (χ0n) is 7.14. The van der Waals surface area contributed by atoms with Crippen LogP contribution in [-0.2, 0) is 10.1 Å². The normalized spacial score (nSPS) is 11.4. The monoisotopic (exact) mass is 236 g/mol. The second-order valence-electron chi connectivity index (χ2n) is 2.59. The zero-order chi connectivity index (χ0) is 10.9. The number of nitrogens with zero attached hydrogens (tertiary/aromatic N) is 1. The molecule has 0 atom stereocenters. The van der Waals surface area contributed by atoms with Gasteiger partial charge in [-0.25, -0.2) is 0 Å². The maximum absolute atomic E-state index is 10.8. The highest BCUT2D eigenvalue weighted by Crippen LogP contribution is 2.25. The molecule has 78 valence electrons. The van der Waals surface area contributed by atoms with Gasteiger partial charge in [-0.1, -0.05) is 11.6 Å². The Morgan fingerprint density at radius 3 is 2.50 bits per heavy atom. The summed E-state index contributed by atoms with van der Waals surface area (Å²) in [7, 11) is -3.18. The molecule has 0 aliphatic carbocycles. The summed E-state index contributed by atoms with van der Waals surface area (Å²) in [5, 5.41) is 11.2. The van der Waals surface area contributed by atoms with Gasteiger partial charge in [0.15, 0.2) is 0 Å². The number of benzene rings is 1. The Bertz CT molecular complexity index is 443. The molecule has 0 radical (unpaired) electrons. The van der Waals surface area contributed by atoms with Gasteiger partial charge in [-0.15, -0.1) is 0 Å². The van der Waals surface area contributed by atoms with Gasteiger partial charge in [0.05, 0.1) is 5.02 Å². The Labute approximate surface area is 86.2 Å². The molecule has 1 aromatic rings. The third kappa shape index (κ3) is 2.36. The van der Waals surface area contributed by atoms with Crippen molar-refractivity contribution in [2.24, 2.45) is 0 Å². The molecule has 0 heterocycles. The molecular weight excluding hydrogens is 230 g/mol. The van der Waals surface area contributed by atoms with E-state index in [1.54, 1.807) is 0 Å². The first kappa shape index (κ1) is 11.3. The second-order valence-corrected chi connectivity index (χ2v) is 4.38. The van der Waals surface area contributed by atoms with Crippen molar-refractivity contribution in [1.29, 1.82) is 0 Å². The number of rotatable bonds is 2. The quantitative estimate of drug-likeness (QED) is 0.622. The van der Waals surface area contributed by atoms with E-state index in [0.717, 1.165) is 6.07 Å². The zero-order valence-corrected chi connectivity index (χ0v) is 8.71. The van der Waals surface area contributed by atoms with E-state index < -0.39 is 15.0 Å². The van der Waals surface area contributed by atoms with Crippen molar-refractivity contribution >= 4 is 27.4 Å². The van der Waals surface area contributed by atoms with Crippen LogP contribution in [0.3, 0.4) is 0 Å².